The van der Waals surface area contributed by atoms with Crippen LogP contribution in [0.5, 0.6) is 0 Å². The lowest BCUT2D eigenvalue weighted by Gasteiger charge is -2.21. The number of rotatable bonds is 4. The molecule has 2 rings (SSSR count). The third-order valence-corrected chi connectivity index (χ3v) is 4.69. The molecule has 1 aromatic carbocycles. The van der Waals surface area contributed by atoms with Gasteiger partial charge in [0.1, 0.15) is 0 Å². The van der Waals surface area contributed by atoms with E-state index < -0.39 is 6.10 Å². The first-order chi connectivity index (χ1) is 8.61. The van der Waals surface area contributed by atoms with Crippen LogP contribution in [0.4, 0.5) is 0 Å². The SMILES string of the molecule is NCC(c1cccs1)C(O)c1cc(Br)cc(Br)c1. The number of thiophene rings is 1. The molecule has 1 heterocycles. The molecule has 0 bridgehead atoms. The lowest BCUT2D eigenvalue weighted by atomic mass is 9.94. The maximum atomic E-state index is 10.5. The van der Waals surface area contributed by atoms with Crippen molar-refractivity contribution >= 4 is 43.2 Å². The molecule has 3 N–H and O–H groups in total. The van der Waals surface area contributed by atoms with Crippen LogP contribution in [-0.4, -0.2) is 11.7 Å². The zero-order valence-electron chi connectivity index (χ0n) is 9.51. The zero-order chi connectivity index (χ0) is 13.1. The fraction of sp³-hybridized carbons (Fsp3) is 0.231. The minimum absolute atomic E-state index is 0.0637. The Kier molecular flexibility index (Phi) is 4.98. The minimum Gasteiger partial charge on any atom is -0.388 e. The van der Waals surface area contributed by atoms with Gasteiger partial charge in [-0.25, -0.2) is 0 Å². The summed E-state index contributed by atoms with van der Waals surface area (Å²) in [5.74, 6) is -0.0637. The average molecular weight is 391 g/mol. The summed E-state index contributed by atoms with van der Waals surface area (Å²) < 4.78 is 1.88. The molecule has 0 radical (unpaired) electrons. The van der Waals surface area contributed by atoms with Crippen molar-refractivity contribution in [2.24, 2.45) is 5.73 Å². The summed E-state index contributed by atoms with van der Waals surface area (Å²) in [6, 6.07) is 9.78. The monoisotopic (exact) mass is 389 g/mol. The van der Waals surface area contributed by atoms with Crippen molar-refractivity contribution < 1.29 is 5.11 Å². The Morgan fingerprint density at radius 3 is 2.39 bits per heavy atom. The number of aliphatic hydroxyl groups excluding tert-OH is 1. The van der Waals surface area contributed by atoms with Crippen LogP contribution in [0.25, 0.3) is 0 Å². The van der Waals surface area contributed by atoms with E-state index in [0.29, 0.717) is 6.54 Å². The first kappa shape index (κ1) is 14.2. The molecule has 0 saturated carbocycles. The summed E-state index contributed by atoms with van der Waals surface area (Å²) >= 11 is 8.49. The van der Waals surface area contributed by atoms with E-state index in [9.17, 15) is 5.11 Å². The van der Waals surface area contributed by atoms with Gasteiger partial charge in [-0.3, -0.25) is 0 Å². The third-order valence-electron chi connectivity index (χ3n) is 2.77. The highest BCUT2D eigenvalue weighted by Gasteiger charge is 2.22. The molecule has 2 unspecified atom stereocenters. The molecule has 2 atom stereocenters. The number of benzene rings is 1. The van der Waals surface area contributed by atoms with Gasteiger partial charge in [0.2, 0.25) is 0 Å². The van der Waals surface area contributed by atoms with E-state index in [1.165, 1.54) is 0 Å². The van der Waals surface area contributed by atoms with Crippen molar-refractivity contribution in [3.63, 3.8) is 0 Å². The lowest BCUT2D eigenvalue weighted by Crippen LogP contribution is -2.19. The fourth-order valence-corrected chi connectivity index (χ4v) is 4.08. The molecule has 0 fully saturated rings. The zero-order valence-corrected chi connectivity index (χ0v) is 13.5. The molecule has 0 aliphatic carbocycles. The summed E-state index contributed by atoms with van der Waals surface area (Å²) in [7, 11) is 0. The van der Waals surface area contributed by atoms with Crippen molar-refractivity contribution in [1.82, 2.24) is 0 Å². The number of nitrogens with two attached hydrogens (primary N) is 1. The number of hydrogen-bond donors (Lipinski definition) is 2. The lowest BCUT2D eigenvalue weighted by molar-refractivity contribution is 0.148. The molecule has 2 aromatic rings. The minimum atomic E-state index is -0.595. The van der Waals surface area contributed by atoms with Gasteiger partial charge in [-0.05, 0) is 35.2 Å². The Morgan fingerprint density at radius 2 is 1.89 bits per heavy atom. The van der Waals surface area contributed by atoms with Crippen LogP contribution in [0.2, 0.25) is 0 Å². The molecular weight excluding hydrogens is 378 g/mol. The van der Waals surface area contributed by atoms with Crippen molar-refractivity contribution in [1.29, 1.82) is 0 Å². The van der Waals surface area contributed by atoms with Crippen LogP contribution in [0.1, 0.15) is 22.5 Å². The fourth-order valence-electron chi connectivity index (χ4n) is 1.88. The Morgan fingerprint density at radius 1 is 1.22 bits per heavy atom. The Hall–Kier alpha value is -0.200. The van der Waals surface area contributed by atoms with Gasteiger partial charge in [-0.15, -0.1) is 11.3 Å². The van der Waals surface area contributed by atoms with Gasteiger partial charge >= 0.3 is 0 Å². The summed E-state index contributed by atoms with van der Waals surface area (Å²) in [4.78, 5) is 1.11. The molecule has 2 nitrogen and oxygen atoms in total. The smallest absolute Gasteiger partial charge is 0.0879 e. The third kappa shape index (κ3) is 3.22. The van der Waals surface area contributed by atoms with Crippen LogP contribution < -0.4 is 5.73 Å². The van der Waals surface area contributed by atoms with Gasteiger partial charge in [0.15, 0.2) is 0 Å². The molecule has 0 saturated heterocycles. The maximum Gasteiger partial charge on any atom is 0.0879 e. The molecule has 1 aromatic heterocycles. The van der Waals surface area contributed by atoms with Gasteiger partial charge in [-0.1, -0.05) is 37.9 Å². The molecule has 0 aliphatic rings. The van der Waals surface area contributed by atoms with Crippen LogP contribution in [0.15, 0.2) is 44.7 Å². The Bertz CT molecular complexity index is 495. The largest absolute Gasteiger partial charge is 0.388 e. The topological polar surface area (TPSA) is 46.2 Å². The second-order valence-corrected chi connectivity index (χ2v) is 6.82. The van der Waals surface area contributed by atoms with Crippen LogP contribution in [0, 0.1) is 0 Å². The number of aliphatic hydroxyl groups is 1. The van der Waals surface area contributed by atoms with Gasteiger partial charge < -0.3 is 10.8 Å². The summed E-state index contributed by atoms with van der Waals surface area (Å²) in [6.45, 7) is 0.422. The first-order valence-corrected chi connectivity index (χ1v) is 7.96. The number of hydrogen-bond acceptors (Lipinski definition) is 3. The molecular formula is C13H13Br2NOS. The highest BCUT2D eigenvalue weighted by Crippen LogP contribution is 2.34. The van der Waals surface area contributed by atoms with Crippen LogP contribution in [-0.2, 0) is 0 Å². The summed E-state index contributed by atoms with van der Waals surface area (Å²) in [6.07, 6.45) is -0.595. The predicted molar refractivity (Wildman–Crippen MR) is 82.9 cm³/mol. The first-order valence-electron chi connectivity index (χ1n) is 5.49. The molecule has 0 spiro atoms. The molecule has 0 aliphatic heterocycles. The maximum absolute atomic E-state index is 10.5. The quantitative estimate of drug-likeness (QED) is 0.827. The highest BCUT2D eigenvalue weighted by atomic mass is 79.9. The summed E-state index contributed by atoms with van der Waals surface area (Å²) in [5, 5.41) is 12.5. The van der Waals surface area contributed by atoms with E-state index in [1.807, 2.05) is 35.7 Å². The second-order valence-electron chi connectivity index (χ2n) is 4.01. The van der Waals surface area contributed by atoms with Crippen molar-refractivity contribution in [2.45, 2.75) is 12.0 Å². The normalized spacial score (nSPS) is 14.4. The van der Waals surface area contributed by atoms with Crippen LogP contribution >= 0.6 is 43.2 Å². The standard InChI is InChI=1S/C13H13Br2NOS/c14-9-4-8(5-10(15)6-9)13(17)11(7-16)12-2-1-3-18-12/h1-6,11,13,17H,7,16H2. The van der Waals surface area contributed by atoms with E-state index in [0.717, 1.165) is 19.4 Å². The predicted octanol–water partition coefficient (Wildman–Crippen LogP) is 4.05. The van der Waals surface area contributed by atoms with E-state index in [4.69, 9.17) is 5.73 Å². The molecule has 0 amide bonds. The molecule has 96 valence electrons. The van der Waals surface area contributed by atoms with Gasteiger partial charge in [-0.2, -0.15) is 0 Å². The van der Waals surface area contributed by atoms with Gasteiger partial charge in [0, 0.05) is 26.3 Å². The molecule has 5 heteroatoms. The highest BCUT2D eigenvalue weighted by molar-refractivity contribution is 9.11. The van der Waals surface area contributed by atoms with Gasteiger partial charge in [0.25, 0.3) is 0 Å². The van der Waals surface area contributed by atoms with E-state index in [-0.39, 0.29) is 5.92 Å². The second kappa shape index (κ2) is 6.30. The van der Waals surface area contributed by atoms with E-state index in [1.54, 1.807) is 11.3 Å². The van der Waals surface area contributed by atoms with Crippen LogP contribution in [0.3, 0.4) is 0 Å². The Balaban J connectivity index is 2.31. The average Bonchev–Trinajstić information content (AvgIpc) is 2.82. The molecule has 18 heavy (non-hydrogen) atoms. The van der Waals surface area contributed by atoms with Gasteiger partial charge in [0.05, 0.1) is 6.10 Å². The van der Waals surface area contributed by atoms with Crippen molar-refractivity contribution in [2.75, 3.05) is 6.54 Å². The van der Waals surface area contributed by atoms with E-state index in [2.05, 4.69) is 31.9 Å². The van der Waals surface area contributed by atoms with E-state index >= 15 is 0 Å². The van der Waals surface area contributed by atoms with Crippen molar-refractivity contribution in [3.8, 4) is 0 Å². The van der Waals surface area contributed by atoms with Crippen molar-refractivity contribution in [3.05, 3.63) is 55.1 Å². The Labute approximate surface area is 127 Å². The summed E-state index contributed by atoms with van der Waals surface area (Å²) in [5.41, 5.74) is 6.66. The number of halogens is 2.